The lowest BCUT2D eigenvalue weighted by Gasteiger charge is -2.30. The normalized spacial score (nSPS) is 22.0. The Kier molecular flexibility index (Phi) is 10.4. The van der Waals surface area contributed by atoms with Gasteiger partial charge in [-0.3, -0.25) is 9.59 Å². The molecule has 290 valence electrons. The molecule has 12 nitrogen and oxygen atoms in total. The summed E-state index contributed by atoms with van der Waals surface area (Å²) in [6, 6.07) is 18.7. The first-order valence-corrected chi connectivity index (χ1v) is 19.5. The number of H-pyrrole nitrogens is 2. The van der Waals surface area contributed by atoms with Crippen LogP contribution in [-0.4, -0.2) is 67.4 Å². The lowest BCUT2D eigenvalue weighted by Crippen LogP contribution is -2.51. The quantitative estimate of drug-likeness (QED) is 0.104. The third-order valence-electron chi connectivity index (χ3n) is 11.9. The lowest BCUT2D eigenvalue weighted by atomic mass is 9.78. The molecule has 4 N–H and O–H groups in total. The smallest absolute Gasteiger partial charge is 0.407 e. The molecule has 1 aliphatic heterocycles. The van der Waals surface area contributed by atoms with E-state index < -0.39 is 18.1 Å². The number of ether oxygens (including phenoxy) is 1. The lowest BCUT2D eigenvalue weighted by molar-refractivity contribution is -0.135. The van der Waals surface area contributed by atoms with E-state index in [1.807, 2.05) is 31.1 Å². The van der Waals surface area contributed by atoms with Gasteiger partial charge in [0.05, 0.1) is 42.9 Å². The molecule has 1 saturated heterocycles. The van der Waals surface area contributed by atoms with Crippen LogP contribution < -0.4 is 10.6 Å². The van der Waals surface area contributed by atoms with Gasteiger partial charge in [-0.25, -0.2) is 19.7 Å². The van der Waals surface area contributed by atoms with Gasteiger partial charge in [0, 0.05) is 25.2 Å². The Labute approximate surface area is 325 Å². The molecule has 6 atom stereocenters. The van der Waals surface area contributed by atoms with E-state index in [4.69, 9.17) is 9.72 Å². The highest BCUT2D eigenvalue weighted by atomic mass is 19.1. The van der Waals surface area contributed by atoms with Gasteiger partial charge in [0.15, 0.2) is 0 Å². The highest BCUT2D eigenvalue weighted by Gasteiger charge is 2.52. The van der Waals surface area contributed by atoms with Crippen LogP contribution in [0.25, 0.3) is 33.6 Å². The van der Waals surface area contributed by atoms with Crippen LogP contribution in [0.1, 0.15) is 75.1 Å². The van der Waals surface area contributed by atoms with Gasteiger partial charge in [0.25, 0.3) is 0 Å². The Balaban J connectivity index is 0.914. The predicted octanol–water partition coefficient (Wildman–Crippen LogP) is 7.16. The number of aromatic nitrogens is 5. The van der Waals surface area contributed by atoms with Crippen molar-refractivity contribution in [2.75, 3.05) is 13.7 Å². The number of nitrogens with one attached hydrogen (secondary N) is 4. The third kappa shape index (κ3) is 7.42. The van der Waals surface area contributed by atoms with Gasteiger partial charge < -0.3 is 30.2 Å². The SMILES string of the molecule is COC(=O)N[C@H](C(=O)N1CCC[C@H]1c1ncc(-c2ccc(-c3ccc(-c4cnc(C5C6CCC(C6)[C@@H]5C(=O)NCc5ccc(F)nc5)[nH]4)cc3)cc2)[nH]1)C(C)C. The Morgan fingerprint density at radius 3 is 2.07 bits per heavy atom. The van der Waals surface area contributed by atoms with Crippen molar-refractivity contribution in [3.05, 3.63) is 102 Å². The zero-order chi connectivity index (χ0) is 38.9. The minimum atomic E-state index is -0.684. The largest absolute Gasteiger partial charge is 0.453 e. The highest BCUT2D eigenvalue weighted by molar-refractivity contribution is 5.86. The number of alkyl carbamates (subject to hydrolysis) is 1. The van der Waals surface area contributed by atoms with Crippen LogP contribution in [0.4, 0.5) is 9.18 Å². The number of carbonyl (C=O) groups excluding carboxylic acids is 3. The standard InChI is InChI=1S/C43H47FN8O4/c1-24(2)38(51-43(55)56-3)42(54)52-18-4-5-34(52)39-46-22-32(49-39)28-11-7-26(8-12-28)27-9-13-29(14-10-27)33-23-47-40(50-33)36-30-15-16-31(19-30)37(36)41(53)48-21-25-6-17-35(44)45-20-25/h6-14,17,20,22-24,30-31,34,36-38H,4-5,15-16,18-19,21H2,1-3H3,(H,46,49)(H,47,50)(H,48,53)(H,51,55)/t30?,31?,34-,36?,37-,38-/m0/s1. The fourth-order valence-corrected chi connectivity index (χ4v) is 9.06. The first-order valence-electron chi connectivity index (χ1n) is 19.5. The molecule has 0 radical (unpaired) electrons. The molecule has 2 saturated carbocycles. The number of pyridine rings is 1. The van der Waals surface area contributed by atoms with E-state index in [2.05, 4.69) is 79.1 Å². The second kappa shape index (κ2) is 15.7. The van der Waals surface area contributed by atoms with E-state index in [1.165, 1.54) is 19.4 Å². The number of amides is 3. The minimum absolute atomic E-state index is 0.0198. The molecule has 3 aromatic heterocycles. The molecule has 3 fully saturated rings. The van der Waals surface area contributed by atoms with Gasteiger partial charge in [-0.1, -0.05) is 68.4 Å². The number of nitrogens with zero attached hydrogens (tertiary/aromatic N) is 4. The molecular weight excluding hydrogens is 712 g/mol. The number of imidazole rings is 2. The summed E-state index contributed by atoms with van der Waals surface area (Å²) in [5.41, 5.74) is 6.69. The molecule has 13 heteroatoms. The summed E-state index contributed by atoms with van der Waals surface area (Å²) in [6.07, 6.45) is 9.33. The van der Waals surface area contributed by atoms with Crippen molar-refractivity contribution in [1.82, 2.24) is 40.5 Å². The third-order valence-corrected chi connectivity index (χ3v) is 11.9. The summed E-state index contributed by atoms with van der Waals surface area (Å²) in [4.78, 5) is 61.0. The van der Waals surface area contributed by atoms with E-state index >= 15 is 0 Å². The zero-order valence-corrected chi connectivity index (χ0v) is 31.8. The fourth-order valence-electron chi connectivity index (χ4n) is 9.06. The first kappa shape index (κ1) is 37.1. The maximum atomic E-state index is 13.5. The molecule has 3 aliphatic rings. The number of fused-ring (bicyclic) bond motifs is 2. The van der Waals surface area contributed by atoms with Gasteiger partial charge in [-0.05, 0) is 83.7 Å². The number of halogens is 1. The number of hydrogen-bond acceptors (Lipinski definition) is 7. The van der Waals surface area contributed by atoms with E-state index in [1.54, 1.807) is 6.07 Å². The molecule has 4 heterocycles. The molecule has 2 aliphatic carbocycles. The molecule has 5 aromatic rings. The van der Waals surface area contributed by atoms with Crippen molar-refractivity contribution in [2.45, 2.75) is 70.5 Å². The first-order chi connectivity index (χ1) is 27.2. The van der Waals surface area contributed by atoms with E-state index in [9.17, 15) is 18.8 Å². The molecule has 3 amide bonds. The van der Waals surface area contributed by atoms with Crippen LogP contribution in [0.3, 0.4) is 0 Å². The Bertz CT molecular complexity index is 2180. The second-order valence-corrected chi connectivity index (χ2v) is 15.7. The Morgan fingerprint density at radius 1 is 0.821 bits per heavy atom. The van der Waals surface area contributed by atoms with Crippen molar-refractivity contribution in [1.29, 1.82) is 0 Å². The summed E-state index contributed by atoms with van der Waals surface area (Å²) in [7, 11) is 1.29. The maximum absolute atomic E-state index is 13.5. The van der Waals surface area contributed by atoms with Gasteiger partial charge in [0.1, 0.15) is 17.7 Å². The van der Waals surface area contributed by atoms with Crippen LogP contribution in [-0.2, 0) is 20.9 Å². The van der Waals surface area contributed by atoms with Crippen molar-refractivity contribution in [3.63, 3.8) is 0 Å². The highest BCUT2D eigenvalue weighted by Crippen LogP contribution is 2.56. The van der Waals surface area contributed by atoms with Gasteiger partial charge in [-0.2, -0.15) is 4.39 Å². The summed E-state index contributed by atoms with van der Waals surface area (Å²) in [5.74, 6) is 1.47. The van der Waals surface area contributed by atoms with E-state index in [-0.39, 0.29) is 35.6 Å². The maximum Gasteiger partial charge on any atom is 0.407 e. The zero-order valence-electron chi connectivity index (χ0n) is 31.8. The second-order valence-electron chi connectivity index (χ2n) is 15.7. The van der Waals surface area contributed by atoms with Crippen molar-refractivity contribution < 1.29 is 23.5 Å². The average molecular weight is 759 g/mol. The van der Waals surface area contributed by atoms with Gasteiger partial charge >= 0.3 is 6.09 Å². The Morgan fingerprint density at radius 2 is 1.45 bits per heavy atom. The summed E-state index contributed by atoms with van der Waals surface area (Å²) < 4.78 is 18.0. The number of rotatable bonds is 11. The number of carbonyl (C=O) groups is 3. The van der Waals surface area contributed by atoms with E-state index in [0.29, 0.717) is 24.9 Å². The van der Waals surface area contributed by atoms with Crippen LogP contribution in [0.5, 0.6) is 0 Å². The topological polar surface area (TPSA) is 158 Å². The average Bonchev–Trinajstić information content (AvgIpc) is 4.08. The van der Waals surface area contributed by atoms with Gasteiger partial charge in [0.2, 0.25) is 17.8 Å². The number of likely N-dealkylation sites (tertiary alicyclic amines) is 1. The summed E-state index contributed by atoms with van der Waals surface area (Å²) in [5, 5.41) is 5.77. The molecule has 8 rings (SSSR count). The number of hydrogen-bond donors (Lipinski definition) is 4. The number of aromatic amines is 2. The van der Waals surface area contributed by atoms with Crippen molar-refractivity contribution in [3.8, 4) is 33.6 Å². The van der Waals surface area contributed by atoms with Crippen molar-refractivity contribution in [2.24, 2.45) is 23.7 Å². The number of benzene rings is 2. The minimum Gasteiger partial charge on any atom is -0.453 e. The van der Waals surface area contributed by atoms with E-state index in [0.717, 1.165) is 83.0 Å². The molecule has 3 unspecified atom stereocenters. The molecule has 56 heavy (non-hydrogen) atoms. The molecule has 0 spiro atoms. The number of methoxy groups -OCH3 is 1. The van der Waals surface area contributed by atoms with Crippen LogP contribution >= 0.6 is 0 Å². The predicted molar refractivity (Wildman–Crippen MR) is 208 cm³/mol. The molecular formula is C43H47FN8O4. The van der Waals surface area contributed by atoms with Crippen LogP contribution in [0.2, 0.25) is 0 Å². The van der Waals surface area contributed by atoms with Crippen LogP contribution in [0.15, 0.2) is 79.3 Å². The molecule has 2 aromatic carbocycles. The van der Waals surface area contributed by atoms with Crippen molar-refractivity contribution >= 4 is 17.9 Å². The monoisotopic (exact) mass is 758 g/mol. The van der Waals surface area contributed by atoms with Crippen LogP contribution in [0, 0.1) is 29.6 Å². The molecule has 2 bridgehead atoms. The van der Waals surface area contributed by atoms with Gasteiger partial charge in [-0.15, -0.1) is 0 Å². The summed E-state index contributed by atoms with van der Waals surface area (Å²) in [6.45, 7) is 4.72. The Hall–Kier alpha value is -5.85. The fraction of sp³-hybridized carbons (Fsp3) is 0.395. The summed E-state index contributed by atoms with van der Waals surface area (Å²) >= 11 is 0.